The molecule has 0 aliphatic heterocycles. The summed E-state index contributed by atoms with van der Waals surface area (Å²) < 4.78 is 42.9. The summed E-state index contributed by atoms with van der Waals surface area (Å²) in [7, 11) is 0. The van der Waals surface area contributed by atoms with Gasteiger partial charge in [-0.1, -0.05) is 19.9 Å². The molecule has 0 saturated carbocycles. The summed E-state index contributed by atoms with van der Waals surface area (Å²) in [4.78, 5) is 23.2. The first-order valence-corrected chi connectivity index (χ1v) is 7.71. The highest BCUT2D eigenvalue weighted by Crippen LogP contribution is 2.31. The molecule has 1 rings (SSSR count). The number of halogens is 4. The zero-order chi connectivity index (χ0) is 19.0. The topological polar surface area (TPSA) is 93.5 Å². The Morgan fingerprint density at radius 2 is 1.88 bits per heavy atom. The molecule has 148 valence electrons. The minimum atomic E-state index is -4.44. The molecule has 2 amide bonds. The number of hydrogen-bond donors (Lipinski definition) is 3. The van der Waals surface area contributed by atoms with Crippen molar-refractivity contribution in [3.05, 3.63) is 29.8 Å². The SMILES string of the molecule is CC(C)[C@H](N)C(=O)NCC(=O)NCCOc1cccc(C(F)(F)F)c1.Cl. The van der Waals surface area contributed by atoms with E-state index in [4.69, 9.17) is 10.5 Å². The van der Waals surface area contributed by atoms with Crippen LogP contribution in [0.4, 0.5) is 13.2 Å². The summed E-state index contributed by atoms with van der Waals surface area (Å²) in [6, 6.07) is 3.76. The van der Waals surface area contributed by atoms with Crippen LogP contribution in [0.15, 0.2) is 24.3 Å². The van der Waals surface area contributed by atoms with Crippen LogP contribution in [0.3, 0.4) is 0 Å². The predicted molar refractivity (Wildman–Crippen MR) is 93.0 cm³/mol. The van der Waals surface area contributed by atoms with E-state index in [0.717, 1.165) is 12.1 Å². The van der Waals surface area contributed by atoms with Crippen molar-refractivity contribution in [2.45, 2.75) is 26.1 Å². The summed E-state index contributed by atoms with van der Waals surface area (Å²) in [6.07, 6.45) is -4.44. The Kier molecular flexibility index (Phi) is 10.0. The summed E-state index contributed by atoms with van der Waals surface area (Å²) in [5.74, 6) is -0.869. The van der Waals surface area contributed by atoms with E-state index in [1.165, 1.54) is 12.1 Å². The van der Waals surface area contributed by atoms with Crippen molar-refractivity contribution < 1.29 is 27.5 Å². The van der Waals surface area contributed by atoms with Gasteiger partial charge in [0.1, 0.15) is 12.4 Å². The Balaban J connectivity index is 0.00000625. The van der Waals surface area contributed by atoms with Crippen molar-refractivity contribution in [2.24, 2.45) is 11.7 Å². The fourth-order valence-corrected chi connectivity index (χ4v) is 1.77. The maximum absolute atomic E-state index is 12.6. The monoisotopic (exact) mass is 397 g/mol. The van der Waals surface area contributed by atoms with Crippen molar-refractivity contribution in [3.63, 3.8) is 0 Å². The van der Waals surface area contributed by atoms with E-state index in [-0.39, 0.29) is 43.8 Å². The lowest BCUT2D eigenvalue weighted by atomic mass is 10.1. The summed E-state index contributed by atoms with van der Waals surface area (Å²) in [6.45, 7) is 3.42. The molecule has 0 aromatic heterocycles. The van der Waals surface area contributed by atoms with E-state index >= 15 is 0 Å². The number of ether oxygens (including phenoxy) is 1. The number of carbonyl (C=O) groups is 2. The largest absolute Gasteiger partial charge is 0.492 e. The molecule has 0 aliphatic rings. The van der Waals surface area contributed by atoms with Crippen molar-refractivity contribution >= 4 is 24.2 Å². The standard InChI is InChI=1S/C16H22F3N3O3.ClH/c1-10(2)14(20)15(24)22-9-13(23)21-6-7-25-12-5-3-4-11(8-12)16(17,18)19;/h3-5,8,10,14H,6-7,9,20H2,1-2H3,(H,21,23)(H,22,24);1H/t14-;/m0./s1. The third kappa shape index (κ3) is 8.39. The highest BCUT2D eigenvalue weighted by molar-refractivity contribution is 5.87. The van der Waals surface area contributed by atoms with Gasteiger partial charge in [-0.05, 0) is 24.1 Å². The van der Waals surface area contributed by atoms with Crippen molar-refractivity contribution in [2.75, 3.05) is 19.7 Å². The van der Waals surface area contributed by atoms with Crippen LogP contribution in [0, 0.1) is 5.92 Å². The van der Waals surface area contributed by atoms with Gasteiger partial charge in [-0.2, -0.15) is 13.2 Å². The number of nitrogens with two attached hydrogens (primary N) is 1. The van der Waals surface area contributed by atoms with Crippen molar-refractivity contribution in [1.29, 1.82) is 0 Å². The van der Waals surface area contributed by atoms with Gasteiger partial charge in [0.05, 0.1) is 24.7 Å². The number of amides is 2. The molecule has 1 atom stereocenters. The molecule has 1 aromatic carbocycles. The zero-order valence-electron chi connectivity index (χ0n) is 14.4. The molecule has 0 bridgehead atoms. The van der Waals surface area contributed by atoms with Crippen LogP contribution < -0.4 is 21.1 Å². The maximum atomic E-state index is 12.6. The number of benzene rings is 1. The molecule has 0 fully saturated rings. The molecule has 0 radical (unpaired) electrons. The second-order valence-electron chi connectivity index (χ2n) is 5.71. The van der Waals surface area contributed by atoms with E-state index < -0.39 is 29.6 Å². The normalized spacial score (nSPS) is 12.1. The molecule has 6 nitrogen and oxygen atoms in total. The summed E-state index contributed by atoms with van der Waals surface area (Å²) in [5, 5.41) is 4.88. The lowest BCUT2D eigenvalue weighted by Gasteiger charge is -2.15. The Labute approximate surface area is 156 Å². The van der Waals surface area contributed by atoms with Gasteiger partial charge in [0.15, 0.2) is 0 Å². The van der Waals surface area contributed by atoms with Gasteiger partial charge < -0.3 is 21.1 Å². The molecule has 0 unspecified atom stereocenters. The highest BCUT2D eigenvalue weighted by Gasteiger charge is 2.30. The highest BCUT2D eigenvalue weighted by atomic mass is 35.5. The van der Waals surface area contributed by atoms with Crippen LogP contribution in [0.2, 0.25) is 0 Å². The van der Waals surface area contributed by atoms with Gasteiger partial charge in [-0.3, -0.25) is 9.59 Å². The van der Waals surface area contributed by atoms with Gasteiger partial charge in [-0.15, -0.1) is 12.4 Å². The van der Waals surface area contributed by atoms with E-state index in [1.54, 1.807) is 13.8 Å². The molecule has 0 spiro atoms. The molecular formula is C16H23ClF3N3O3. The van der Waals surface area contributed by atoms with Crippen LogP contribution in [0.25, 0.3) is 0 Å². The Morgan fingerprint density at radius 3 is 2.46 bits per heavy atom. The molecule has 0 saturated heterocycles. The minimum absolute atomic E-state index is 0. The number of alkyl halides is 3. The summed E-state index contributed by atoms with van der Waals surface area (Å²) in [5.41, 5.74) is 4.82. The summed E-state index contributed by atoms with van der Waals surface area (Å²) >= 11 is 0. The molecular weight excluding hydrogens is 375 g/mol. The zero-order valence-corrected chi connectivity index (χ0v) is 15.2. The second-order valence-corrected chi connectivity index (χ2v) is 5.71. The van der Waals surface area contributed by atoms with Crippen LogP contribution >= 0.6 is 12.4 Å². The fraction of sp³-hybridized carbons (Fsp3) is 0.500. The van der Waals surface area contributed by atoms with Crippen LogP contribution in [0.1, 0.15) is 19.4 Å². The Hall–Kier alpha value is -2.00. The Morgan fingerprint density at radius 1 is 1.23 bits per heavy atom. The average molecular weight is 398 g/mol. The lowest BCUT2D eigenvalue weighted by Crippen LogP contribution is -2.47. The first-order valence-electron chi connectivity index (χ1n) is 7.71. The smallest absolute Gasteiger partial charge is 0.416 e. The van der Waals surface area contributed by atoms with E-state index in [2.05, 4.69) is 10.6 Å². The molecule has 0 aliphatic carbocycles. The third-order valence-electron chi connectivity index (χ3n) is 3.30. The van der Waals surface area contributed by atoms with Crippen LogP contribution in [0.5, 0.6) is 5.75 Å². The van der Waals surface area contributed by atoms with E-state index in [1.807, 2.05) is 0 Å². The van der Waals surface area contributed by atoms with Gasteiger partial charge in [0, 0.05) is 0 Å². The predicted octanol–water partition coefficient (Wildman–Crippen LogP) is 1.72. The van der Waals surface area contributed by atoms with Gasteiger partial charge >= 0.3 is 6.18 Å². The number of nitrogens with one attached hydrogen (secondary N) is 2. The first-order chi connectivity index (χ1) is 11.6. The Bertz CT molecular complexity index is 598. The first kappa shape index (κ1) is 24.0. The molecule has 10 heteroatoms. The van der Waals surface area contributed by atoms with E-state index in [9.17, 15) is 22.8 Å². The fourth-order valence-electron chi connectivity index (χ4n) is 1.77. The minimum Gasteiger partial charge on any atom is -0.492 e. The van der Waals surface area contributed by atoms with Crippen LogP contribution in [-0.4, -0.2) is 37.6 Å². The number of hydrogen-bond acceptors (Lipinski definition) is 4. The molecule has 4 N–H and O–H groups in total. The maximum Gasteiger partial charge on any atom is 0.416 e. The van der Waals surface area contributed by atoms with Crippen molar-refractivity contribution in [3.8, 4) is 5.75 Å². The molecule has 26 heavy (non-hydrogen) atoms. The van der Waals surface area contributed by atoms with Gasteiger partial charge in [0.25, 0.3) is 0 Å². The van der Waals surface area contributed by atoms with Gasteiger partial charge in [-0.25, -0.2) is 0 Å². The average Bonchev–Trinajstić information content (AvgIpc) is 2.55. The molecule has 1 aromatic rings. The van der Waals surface area contributed by atoms with Crippen molar-refractivity contribution in [1.82, 2.24) is 10.6 Å². The van der Waals surface area contributed by atoms with E-state index in [0.29, 0.717) is 0 Å². The second kappa shape index (κ2) is 10.9. The third-order valence-corrected chi connectivity index (χ3v) is 3.30. The number of rotatable bonds is 8. The number of carbonyl (C=O) groups excluding carboxylic acids is 2. The lowest BCUT2D eigenvalue weighted by molar-refractivity contribution is -0.137. The van der Waals surface area contributed by atoms with Crippen LogP contribution in [-0.2, 0) is 15.8 Å². The van der Waals surface area contributed by atoms with Gasteiger partial charge in [0.2, 0.25) is 11.8 Å². The quantitative estimate of drug-likeness (QED) is 0.582. The molecule has 0 heterocycles.